The van der Waals surface area contributed by atoms with Crippen molar-refractivity contribution < 1.29 is 9.47 Å². The number of ether oxygens (including phenoxy) is 2. The summed E-state index contributed by atoms with van der Waals surface area (Å²) < 4.78 is 11.1. The second-order valence-corrected chi connectivity index (χ2v) is 5.50. The van der Waals surface area contributed by atoms with Gasteiger partial charge in [0.25, 0.3) is 0 Å². The maximum absolute atomic E-state index is 5.87. The Morgan fingerprint density at radius 2 is 2.18 bits per heavy atom. The Morgan fingerprint density at radius 3 is 2.91 bits per heavy atom. The molecule has 5 nitrogen and oxygen atoms in total. The minimum atomic E-state index is 0.431. The number of hydrogen-bond donors (Lipinski definition) is 1. The average molecular weight is 299 g/mol. The Bertz CT molecular complexity index is 628. The normalized spacial score (nSPS) is 16.5. The van der Waals surface area contributed by atoms with E-state index in [4.69, 9.17) is 9.47 Å². The van der Waals surface area contributed by atoms with E-state index in [2.05, 4.69) is 21.6 Å². The summed E-state index contributed by atoms with van der Waals surface area (Å²) in [7, 11) is 1.67. The maximum atomic E-state index is 5.87. The quantitative estimate of drug-likeness (QED) is 0.920. The number of hydrogen-bond acceptors (Lipinski definition) is 5. The third-order valence-electron chi connectivity index (χ3n) is 3.83. The summed E-state index contributed by atoms with van der Waals surface area (Å²) in [5.41, 5.74) is 2.24. The molecule has 1 atom stereocenters. The van der Waals surface area contributed by atoms with Crippen molar-refractivity contribution in [1.29, 1.82) is 0 Å². The molecule has 22 heavy (non-hydrogen) atoms. The van der Waals surface area contributed by atoms with Gasteiger partial charge in [0, 0.05) is 18.5 Å². The van der Waals surface area contributed by atoms with Gasteiger partial charge >= 0.3 is 0 Å². The van der Waals surface area contributed by atoms with Crippen LogP contribution >= 0.6 is 0 Å². The number of fused-ring (bicyclic) bond motifs is 1. The molecule has 0 radical (unpaired) electrons. The highest BCUT2D eigenvalue weighted by atomic mass is 16.5. The van der Waals surface area contributed by atoms with Gasteiger partial charge in [-0.05, 0) is 43.5 Å². The van der Waals surface area contributed by atoms with E-state index in [1.807, 2.05) is 31.2 Å². The molecule has 0 unspecified atom stereocenters. The summed E-state index contributed by atoms with van der Waals surface area (Å²) in [6.45, 7) is 3.60. The topological polar surface area (TPSA) is 56.3 Å². The van der Waals surface area contributed by atoms with Gasteiger partial charge in [0.15, 0.2) is 0 Å². The Kier molecular flexibility index (Phi) is 4.42. The van der Waals surface area contributed by atoms with Crippen LogP contribution in [0.25, 0.3) is 0 Å². The Balaban J connectivity index is 1.64. The summed E-state index contributed by atoms with van der Waals surface area (Å²) in [5.74, 6) is 3.02. The van der Waals surface area contributed by atoms with E-state index in [1.54, 1.807) is 7.11 Å². The lowest BCUT2D eigenvalue weighted by Crippen LogP contribution is -2.23. The molecule has 0 fully saturated rings. The first-order valence-corrected chi connectivity index (χ1v) is 7.64. The first kappa shape index (κ1) is 14.6. The molecule has 3 rings (SSSR count). The Morgan fingerprint density at radius 1 is 1.27 bits per heavy atom. The van der Waals surface area contributed by atoms with Gasteiger partial charge in [0.1, 0.15) is 17.3 Å². The molecule has 1 N–H and O–H groups in total. The van der Waals surface area contributed by atoms with Crippen molar-refractivity contribution >= 4 is 5.82 Å². The van der Waals surface area contributed by atoms with E-state index in [0.717, 1.165) is 42.4 Å². The number of nitrogens with zero attached hydrogens (tertiary/aromatic N) is 2. The average Bonchev–Trinajstić information content (AvgIpc) is 2.56. The van der Waals surface area contributed by atoms with Crippen molar-refractivity contribution in [3.63, 3.8) is 0 Å². The van der Waals surface area contributed by atoms with Crippen LogP contribution < -0.4 is 14.8 Å². The number of anilines is 1. The molecule has 1 aromatic carbocycles. The van der Waals surface area contributed by atoms with Crippen LogP contribution in [-0.4, -0.2) is 30.5 Å². The zero-order valence-electron chi connectivity index (χ0n) is 13.0. The van der Waals surface area contributed by atoms with Crippen molar-refractivity contribution in [2.75, 3.05) is 25.6 Å². The van der Waals surface area contributed by atoms with Gasteiger partial charge in [-0.3, -0.25) is 0 Å². The second kappa shape index (κ2) is 6.64. The van der Waals surface area contributed by atoms with Gasteiger partial charge < -0.3 is 14.8 Å². The zero-order chi connectivity index (χ0) is 15.4. The summed E-state index contributed by atoms with van der Waals surface area (Å²) in [4.78, 5) is 0. The van der Waals surface area contributed by atoms with Crippen molar-refractivity contribution in [2.24, 2.45) is 5.92 Å². The fraction of sp³-hybridized carbons (Fsp3) is 0.412. The van der Waals surface area contributed by atoms with E-state index < -0.39 is 0 Å². The molecule has 0 saturated carbocycles. The molecule has 0 spiro atoms. The van der Waals surface area contributed by atoms with Crippen LogP contribution in [0.1, 0.15) is 18.2 Å². The van der Waals surface area contributed by atoms with Crippen LogP contribution in [0.2, 0.25) is 0 Å². The van der Waals surface area contributed by atoms with E-state index in [0.29, 0.717) is 12.5 Å². The second-order valence-electron chi connectivity index (χ2n) is 5.50. The monoisotopic (exact) mass is 299 g/mol. The van der Waals surface area contributed by atoms with Crippen molar-refractivity contribution in [1.82, 2.24) is 10.2 Å². The predicted molar refractivity (Wildman–Crippen MR) is 85.6 cm³/mol. The number of nitrogens with one attached hydrogen (secondary N) is 1. The number of rotatable bonds is 5. The molecule has 1 aliphatic heterocycles. The first-order valence-electron chi connectivity index (χ1n) is 7.64. The fourth-order valence-electron chi connectivity index (χ4n) is 2.71. The van der Waals surface area contributed by atoms with Gasteiger partial charge in [-0.1, -0.05) is 6.07 Å². The summed E-state index contributed by atoms with van der Waals surface area (Å²) >= 11 is 0. The number of benzene rings is 1. The van der Waals surface area contributed by atoms with Crippen LogP contribution in [-0.2, 0) is 12.8 Å². The summed E-state index contributed by atoms with van der Waals surface area (Å²) in [6.07, 6.45) is 1.88. The molecule has 0 saturated heterocycles. The molecular weight excluding hydrogens is 278 g/mol. The third kappa shape index (κ3) is 3.30. The first-order chi connectivity index (χ1) is 10.8. The van der Waals surface area contributed by atoms with Crippen molar-refractivity contribution in [2.45, 2.75) is 19.8 Å². The van der Waals surface area contributed by atoms with Crippen LogP contribution in [0, 0.1) is 5.92 Å². The molecule has 116 valence electrons. The Hall–Kier alpha value is -2.30. The molecule has 2 aromatic rings. The van der Waals surface area contributed by atoms with Crippen LogP contribution in [0.5, 0.6) is 11.5 Å². The maximum Gasteiger partial charge on any atom is 0.148 e. The lowest BCUT2D eigenvalue weighted by atomic mass is 9.92. The van der Waals surface area contributed by atoms with E-state index >= 15 is 0 Å². The van der Waals surface area contributed by atoms with Crippen LogP contribution in [0.15, 0.2) is 30.3 Å². The van der Waals surface area contributed by atoms with Gasteiger partial charge in [-0.2, -0.15) is 5.10 Å². The van der Waals surface area contributed by atoms with Gasteiger partial charge in [0.05, 0.1) is 19.4 Å². The number of aromatic nitrogens is 2. The van der Waals surface area contributed by atoms with E-state index in [-0.39, 0.29) is 0 Å². The largest absolute Gasteiger partial charge is 0.497 e. The van der Waals surface area contributed by atoms with Gasteiger partial charge in [-0.15, -0.1) is 5.10 Å². The van der Waals surface area contributed by atoms with Gasteiger partial charge in [-0.25, -0.2) is 0 Å². The summed E-state index contributed by atoms with van der Waals surface area (Å²) in [5, 5.41) is 11.6. The van der Waals surface area contributed by atoms with Crippen LogP contribution in [0.3, 0.4) is 0 Å². The fourth-order valence-corrected chi connectivity index (χ4v) is 2.71. The SMILES string of the molecule is CCNc1ccc(C[C@H]2COc3cc(OC)ccc3C2)nn1. The zero-order valence-corrected chi connectivity index (χ0v) is 13.0. The molecule has 0 bridgehead atoms. The lowest BCUT2D eigenvalue weighted by molar-refractivity contribution is 0.219. The third-order valence-corrected chi connectivity index (χ3v) is 3.83. The highest BCUT2D eigenvalue weighted by Gasteiger charge is 2.21. The van der Waals surface area contributed by atoms with E-state index in [9.17, 15) is 0 Å². The minimum Gasteiger partial charge on any atom is -0.497 e. The predicted octanol–water partition coefficient (Wildman–Crippen LogP) is 2.71. The van der Waals surface area contributed by atoms with Crippen LogP contribution in [0.4, 0.5) is 5.82 Å². The number of methoxy groups -OCH3 is 1. The Labute approximate surface area is 130 Å². The molecule has 1 aliphatic rings. The highest BCUT2D eigenvalue weighted by molar-refractivity contribution is 5.42. The van der Waals surface area contributed by atoms with Crippen molar-refractivity contribution in [3.05, 3.63) is 41.6 Å². The van der Waals surface area contributed by atoms with Crippen molar-refractivity contribution in [3.8, 4) is 11.5 Å². The van der Waals surface area contributed by atoms with Gasteiger partial charge in [0.2, 0.25) is 0 Å². The molecule has 5 heteroatoms. The highest BCUT2D eigenvalue weighted by Crippen LogP contribution is 2.31. The molecule has 1 aromatic heterocycles. The van der Waals surface area contributed by atoms with E-state index in [1.165, 1.54) is 5.56 Å². The minimum absolute atomic E-state index is 0.431. The summed E-state index contributed by atoms with van der Waals surface area (Å²) in [6, 6.07) is 10.0. The smallest absolute Gasteiger partial charge is 0.148 e. The lowest BCUT2D eigenvalue weighted by Gasteiger charge is -2.25. The molecule has 2 heterocycles. The molecule has 0 amide bonds. The standard InChI is InChI=1S/C17H21N3O2/c1-3-18-17-7-5-14(19-20-17)9-12-8-13-4-6-15(21-2)10-16(13)22-11-12/h4-7,10,12H,3,8-9,11H2,1-2H3,(H,18,20)/t12-/m0/s1. The molecule has 0 aliphatic carbocycles. The molecular formula is C17H21N3O2.